The van der Waals surface area contributed by atoms with Crippen LogP contribution in [0.15, 0.2) is 22.7 Å². The molecule has 1 rings (SSSR count). The largest absolute Gasteiger partial charge is 0.368 e. The first kappa shape index (κ1) is 14.1. The minimum absolute atomic E-state index is 0.251. The van der Waals surface area contributed by atoms with Gasteiger partial charge >= 0.3 is 0 Å². The van der Waals surface area contributed by atoms with E-state index in [1.165, 1.54) is 6.07 Å². The van der Waals surface area contributed by atoms with E-state index in [1.807, 2.05) is 6.92 Å². The molecule has 0 saturated heterocycles. The van der Waals surface area contributed by atoms with Crippen molar-refractivity contribution >= 4 is 21.8 Å². The van der Waals surface area contributed by atoms with E-state index >= 15 is 0 Å². The number of nitrogens with two attached hydrogens (primary N) is 1. The van der Waals surface area contributed by atoms with E-state index in [1.54, 1.807) is 19.1 Å². The second kappa shape index (κ2) is 5.60. The van der Waals surface area contributed by atoms with Crippen molar-refractivity contribution in [1.82, 2.24) is 5.32 Å². The summed E-state index contributed by atoms with van der Waals surface area (Å²) in [6.07, 6.45) is 0.550. The van der Waals surface area contributed by atoms with Crippen LogP contribution in [-0.2, 0) is 11.3 Å². The molecule has 0 radical (unpaired) electrons. The summed E-state index contributed by atoms with van der Waals surface area (Å²) in [4.78, 5) is 11.3. The SMILES string of the molecule is CC[C@](C)(NCc1c(F)cccc1Br)C(N)=O. The molecule has 5 heteroatoms. The molecule has 0 unspecified atom stereocenters. The molecule has 0 spiro atoms. The Labute approximate surface area is 109 Å². The van der Waals surface area contributed by atoms with E-state index in [2.05, 4.69) is 21.2 Å². The highest BCUT2D eigenvalue weighted by molar-refractivity contribution is 9.10. The monoisotopic (exact) mass is 302 g/mol. The standard InChI is InChI=1S/C12H16BrFN2O/c1-3-12(2,11(15)17)16-7-8-9(13)5-4-6-10(8)14/h4-6,16H,3,7H2,1-2H3,(H2,15,17)/t12-/m0/s1. The van der Waals surface area contributed by atoms with Crippen LogP contribution in [0, 0.1) is 5.82 Å². The van der Waals surface area contributed by atoms with Gasteiger partial charge in [-0.25, -0.2) is 4.39 Å². The van der Waals surface area contributed by atoms with Crippen LogP contribution in [0.5, 0.6) is 0 Å². The van der Waals surface area contributed by atoms with E-state index in [9.17, 15) is 9.18 Å². The quantitative estimate of drug-likeness (QED) is 0.877. The molecule has 94 valence electrons. The predicted octanol–water partition coefficient (Wildman–Crippen LogP) is 2.33. The van der Waals surface area contributed by atoms with Crippen molar-refractivity contribution in [2.24, 2.45) is 5.73 Å². The lowest BCUT2D eigenvalue weighted by atomic mass is 9.97. The molecule has 0 saturated carbocycles. The van der Waals surface area contributed by atoms with Crippen molar-refractivity contribution in [3.05, 3.63) is 34.1 Å². The zero-order chi connectivity index (χ0) is 13.1. The van der Waals surface area contributed by atoms with Gasteiger partial charge in [-0.15, -0.1) is 0 Å². The second-order valence-corrected chi connectivity index (χ2v) is 4.96. The Morgan fingerprint density at radius 3 is 2.71 bits per heavy atom. The van der Waals surface area contributed by atoms with E-state index in [-0.39, 0.29) is 12.4 Å². The van der Waals surface area contributed by atoms with Crippen LogP contribution in [0.25, 0.3) is 0 Å². The molecule has 0 fully saturated rings. The Bertz CT molecular complexity index is 405. The summed E-state index contributed by atoms with van der Waals surface area (Å²) in [6.45, 7) is 3.82. The molecule has 0 heterocycles. The number of rotatable bonds is 5. The third kappa shape index (κ3) is 3.26. The van der Waals surface area contributed by atoms with Crippen LogP contribution < -0.4 is 11.1 Å². The number of amides is 1. The van der Waals surface area contributed by atoms with Crippen LogP contribution in [0.4, 0.5) is 4.39 Å². The van der Waals surface area contributed by atoms with Gasteiger partial charge in [-0.05, 0) is 25.5 Å². The lowest BCUT2D eigenvalue weighted by Gasteiger charge is -2.26. The van der Waals surface area contributed by atoms with Gasteiger partial charge in [0.1, 0.15) is 5.82 Å². The van der Waals surface area contributed by atoms with Crippen molar-refractivity contribution in [2.45, 2.75) is 32.4 Å². The van der Waals surface area contributed by atoms with Gasteiger partial charge in [0.25, 0.3) is 0 Å². The highest BCUT2D eigenvalue weighted by Gasteiger charge is 2.28. The number of primary amides is 1. The van der Waals surface area contributed by atoms with E-state index in [0.717, 1.165) is 0 Å². The Morgan fingerprint density at radius 2 is 2.24 bits per heavy atom. The minimum Gasteiger partial charge on any atom is -0.368 e. The van der Waals surface area contributed by atoms with Crippen LogP contribution in [0.2, 0.25) is 0 Å². The minimum atomic E-state index is -0.818. The maximum absolute atomic E-state index is 13.5. The molecule has 0 aliphatic rings. The summed E-state index contributed by atoms with van der Waals surface area (Å²) in [7, 11) is 0. The first-order valence-corrected chi connectivity index (χ1v) is 6.18. The molecule has 1 amide bonds. The normalized spacial score (nSPS) is 14.4. The van der Waals surface area contributed by atoms with Gasteiger partial charge < -0.3 is 5.73 Å². The fourth-order valence-electron chi connectivity index (χ4n) is 1.37. The molecule has 1 atom stereocenters. The van der Waals surface area contributed by atoms with Crippen molar-refractivity contribution in [3.8, 4) is 0 Å². The zero-order valence-electron chi connectivity index (χ0n) is 9.89. The molecule has 1 aromatic carbocycles. The molecule has 3 N–H and O–H groups in total. The lowest BCUT2D eigenvalue weighted by Crippen LogP contribution is -2.52. The van der Waals surface area contributed by atoms with Gasteiger partial charge in [-0.1, -0.05) is 28.9 Å². The molecule has 0 bridgehead atoms. The van der Waals surface area contributed by atoms with Gasteiger partial charge in [0, 0.05) is 16.6 Å². The molecule has 0 aliphatic heterocycles. The van der Waals surface area contributed by atoms with Crippen LogP contribution in [0.1, 0.15) is 25.8 Å². The van der Waals surface area contributed by atoms with Gasteiger partial charge in [0.15, 0.2) is 0 Å². The van der Waals surface area contributed by atoms with Crippen molar-refractivity contribution in [2.75, 3.05) is 0 Å². The molecule has 1 aromatic rings. The number of halogens is 2. The highest BCUT2D eigenvalue weighted by atomic mass is 79.9. The fraction of sp³-hybridized carbons (Fsp3) is 0.417. The van der Waals surface area contributed by atoms with Crippen LogP contribution >= 0.6 is 15.9 Å². The maximum Gasteiger partial charge on any atom is 0.237 e. The summed E-state index contributed by atoms with van der Waals surface area (Å²) in [6, 6.07) is 4.76. The van der Waals surface area contributed by atoms with Gasteiger partial charge in [0.05, 0.1) is 5.54 Å². The number of carbonyl (C=O) groups is 1. The molecule has 17 heavy (non-hydrogen) atoms. The number of carbonyl (C=O) groups excluding carboxylic acids is 1. The number of hydrogen-bond donors (Lipinski definition) is 2. The Kier molecular flexibility index (Phi) is 4.65. The Hall–Kier alpha value is -0.940. The summed E-state index contributed by atoms with van der Waals surface area (Å²) in [5, 5.41) is 3.00. The first-order valence-electron chi connectivity index (χ1n) is 5.38. The predicted molar refractivity (Wildman–Crippen MR) is 68.8 cm³/mol. The highest BCUT2D eigenvalue weighted by Crippen LogP contribution is 2.20. The Balaban J connectivity index is 2.83. The Morgan fingerprint density at radius 1 is 1.59 bits per heavy atom. The van der Waals surface area contributed by atoms with E-state index in [4.69, 9.17) is 5.73 Å². The molecular weight excluding hydrogens is 287 g/mol. The molecule has 0 aliphatic carbocycles. The third-order valence-electron chi connectivity index (χ3n) is 2.97. The number of nitrogens with one attached hydrogen (secondary N) is 1. The van der Waals surface area contributed by atoms with Gasteiger partial charge in [-0.3, -0.25) is 10.1 Å². The summed E-state index contributed by atoms with van der Waals surface area (Å²) in [5.74, 6) is -0.748. The smallest absolute Gasteiger partial charge is 0.237 e. The average molecular weight is 303 g/mol. The van der Waals surface area contributed by atoms with Crippen LogP contribution in [0.3, 0.4) is 0 Å². The van der Waals surface area contributed by atoms with Crippen molar-refractivity contribution < 1.29 is 9.18 Å². The first-order chi connectivity index (χ1) is 7.90. The summed E-state index contributed by atoms with van der Waals surface area (Å²) in [5.41, 5.74) is 4.99. The summed E-state index contributed by atoms with van der Waals surface area (Å²) < 4.78 is 14.2. The lowest BCUT2D eigenvalue weighted by molar-refractivity contribution is -0.124. The summed E-state index contributed by atoms with van der Waals surface area (Å²) >= 11 is 3.28. The second-order valence-electron chi connectivity index (χ2n) is 4.10. The fourth-order valence-corrected chi connectivity index (χ4v) is 1.85. The number of hydrogen-bond acceptors (Lipinski definition) is 2. The van der Waals surface area contributed by atoms with Crippen molar-refractivity contribution in [1.29, 1.82) is 0 Å². The van der Waals surface area contributed by atoms with Crippen LogP contribution in [-0.4, -0.2) is 11.4 Å². The van der Waals surface area contributed by atoms with Gasteiger partial charge in [0.2, 0.25) is 5.91 Å². The zero-order valence-corrected chi connectivity index (χ0v) is 11.5. The third-order valence-corrected chi connectivity index (χ3v) is 3.71. The van der Waals surface area contributed by atoms with E-state index in [0.29, 0.717) is 16.5 Å². The van der Waals surface area contributed by atoms with Gasteiger partial charge in [-0.2, -0.15) is 0 Å². The van der Waals surface area contributed by atoms with Crippen molar-refractivity contribution in [3.63, 3.8) is 0 Å². The van der Waals surface area contributed by atoms with E-state index < -0.39 is 11.4 Å². The topological polar surface area (TPSA) is 55.1 Å². The number of benzene rings is 1. The molecular formula is C12H16BrFN2O. The molecule has 0 aromatic heterocycles. The average Bonchev–Trinajstić information content (AvgIpc) is 2.27. The molecule has 3 nitrogen and oxygen atoms in total. The maximum atomic E-state index is 13.5.